The van der Waals surface area contributed by atoms with Gasteiger partial charge < -0.3 is 10.3 Å². The van der Waals surface area contributed by atoms with E-state index >= 15 is 0 Å². The second-order valence-electron chi connectivity index (χ2n) is 3.96. The van der Waals surface area contributed by atoms with Crippen molar-refractivity contribution in [1.82, 2.24) is 4.57 Å². The Hall–Kier alpha value is -1.28. The molecule has 1 aromatic heterocycles. The Kier molecular flexibility index (Phi) is 2.08. The molecule has 14 heavy (non-hydrogen) atoms. The molecule has 0 aliphatic rings. The zero-order valence-corrected chi connectivity index (χ0v) is 8.91. The van der Waals surface area contributed by atoms with Gasteiger partial charge in [0.05, 0.1) is 5.52 Å². The molecule has 0 aliphatic carbocycles. The summed E-state index contributed by atoms with van der Waals surface area (Å²) in [6, 6.07) is 6.42. The lowest BCUT2D eigenvalue weighted by Gasteiger charge is -2.09. The fourth-order valence-electron chi connectivity index (χ4n) is 2.07. The van der Waals surface area contributed by atoms with Crippen LogP contribution in [-0.2, 0) is 7.05 Å². The zero-order chi connectivity index (χ0) is 10.3. The van der Waals surface area contributed by atoms with E-state index in [9.17, 15) is 0 Å². The lowest BCUT2D eigenvalue weighted by atomic mass is 10.0. The molecule has 2 N–H and O–H groups in total. The van der Waals surface area contributed by atoms with Gasteiger partial charge in [-0.1, -0.05) is 18.2 Å². The van der Waals surface area contributed by atoms with Gasteiger partial charge >= 0.3 is 0 Å². The predicted octanol–water partition coefficient (Wildman–Crippen LogP) is 2.51. The lowest BCUT2D eigenvalue weighted by Crippen LogP contribution is -2.06. The van der Waals surface area contributed by atoms with E-state index in [4.69, 9.17) is 5.73 Å². The van der Waals surface area contributed by atoms with Crippen LogP contribution in [0.15, 0.2) is 24.4 Å². The Labute approximate surface area is 84.3 Å². The number of rotatable bonds is 1. The Balaban J connectivity index is 2.85. The van der Waals surface area contributed by atoms with E-state index in [1.54, 1.807) is 0 Å². The maximum absolute atomic E-state index is 5.94. The number of hydrogen-bond acceptors (Lipinski definition) is 1. The van der Waals surface area contributed by atoms with Gasteiger partial charge in [0.15, 0.2) is 0 Å². The molecule has 0 saturated heterocycles. The van der Waals surface area contributed by atoms with Crippen molar-refractivity contribution in [2.24, 2.45) is 12.8 Å². The first kappa shape index (κ1) is 9.28. The number of nitrogens with zero attached hydrogens (tertiary/aromatic N) is 1. The minimum Gasteiger partial charge on any atom is -0.350 e. The summed E-state index contributed by atoms with van der Waals surface area (Å²) in [5.41, 5.74) is 9.74. The Morgan fingerprint density at radius 1 is 1.36 bits per heavy atom. The van der Waals surface area contributed by atoms with Crippen LogP contribution in [0.2, 0.25) is 0 Å². The minimum atomic E-state index is 0.0895. The van der Waals surface area contributed by atoms with Gasteiger partial charge in [0, 0.05) is 24.7 Å². The molecule has 0 radical (unpaired) electrons. The van der Waals surface area contributed by atoms with Gasteiger partial charge in [-0.05, 0) is 25.0 Å². The van der Waals surface area contributed by atoms with Crippen LogP contribution in [0.25, 0.3) is 10.9 Å². The van der Waals surface area contributed by atoms with Gasteiger partial charge in [-0.15, -0.1) is 0 Å². The van der Waals surface area contributed by atoms with Crippen LogP contribution < -0.4 is 5.73 Å². The first-order valence-corrected chi connectivity index (χ1v) is 4.91. The smallest absolute Gasteiger partial charge is 0.0528 e. The maximum Gasteiger partial charge on any atom is 0.0528 e. The van der Waals surface area contributed by atoms with E-state index in [0.29, 0.717) is 0 Å². The predicted molar refractivity (Wildman–Crippen MR) is 60.3 cm³/mol. The zero-order valence-electron chi connectivity index (χ0n) is 8.91. The van der Waals surface area contributed by atoms with Gasteiger partial charge in [0.1, 0.15) is 0 Å². The Morgan fingerprint density at radius 2 is 2.07 bits per heavy atom. The van der Waals surface area contributed by atoms with E-state index in [2.05, 4.69) is 42.9 Å². The van der Waals surface area contributed by atoms with Crippen LogP contribution in [0.3, 0.4) is 0 Å². The van der Waals surface area contributed by atoms with E-state index in [-0.39, 0.29) is 6.04 Å². The van der Waals surface area contributed by atoms with Crippen LogP contribution in [0.5, 0.6) is 0 Å². The van der Waals surface area contributed by atoms with Crippen molar-refractivity contribution >= 4 is 10.9 Å². The van der Waals surface area contributed by atoms with Crippen LogP contribution in [0.1, 0.15) is 24.1 Å². The SMILES string of the molecule is Cc1cn(C)c2c(C(C)N)cccc12. The summed E-state index contributed by atoms with van der Waals surface area (Å²) in [4.78, 5) is 0. The van der Waals surface area contributed by atoms with Gasteiger partial charge in [-0.3, -0.25) is 0 Å². The highest BCUT2D eigenvalue weighted by Gasteiger charge is 2.09. The minimum absolute atomic E-state index is 0.0895. The Bertz CT molecular complexity index is 466. The first-order chi connectivity index (χ1) is 6.61. The molecule has 0 aliphatic heterocycles. The highest BCUT2D eigenvalue weighted by Crippen LogP contribution is 2.26. The van der Waals surface area contributed by atoms with E-state index in [1.807, 2.05) is 6.92 Å². The second-order valence-corrected chi connectivity index (χ2v) is 3.96. The highest BCUT2D eigenvalue weighted by atomic mass is 14.9. The van der Waals surface area contributed by atoms with Crippen LogP contribution in [0, 0.1) is 6.92 Å². The van der Waals surface area contributed by atoms with E-state index in [0.717, 1.165) is 0 Å². The van der Waals surface area contributed by atoms with Crippen molar-refractivity contribution in [3.05, 3.63) is 35.5 Å². The molecule has 0 bridgehead atoms. The van der Waals surface area contributed by atoms with E-state index < -0.39 is 0 Å². The van der Waals surface area contributed by atoms with Crippen molar-refractivity contribution in [2.45, 2.75) is 19.9 Å². The number of aromatic nitrogens is 1. The molecule has 2 aromatic rings. The molecular formula is C12H16N2. The summed E-state index contributed by atoms with van der Waals surface area (Å²) in [5.74, 6) is 0. The molecule has 0 spiro atoms. The molecule has 0 saturated carbocycles. The number of fused-ring (bicyclic) bond motifs is 1. The summed E-state index contributed by atoms with van der Waals surface area (Å²) in [6.45, 7) is 4.16. The normalized spacial score (nSPS) is 13.4. The van der Waals surface area contributed by atoms with Crippen molar-refractivity contribution in [3.63, 3.8) is 0 Å². The van der Waals surface area contributed by atoms with Crippen LogP contribution >= 0.6 is 0 Å². The van der Waals surface area contributed by atoms with Gasteiger partial charge in [-0.25, -0.2) is 0 Å². The molecule has 2 heteroatoms. The molecule has 0 fully saturated rings. The summed E-state index contributed by atoms with van der Waals surface area (Å²) < 4.78 is 2.16. The maximum atomic E-state index is 5.94. The number of aryl methyl sites for hydroxylation is 2. The first-order valence-electron chi connectivity index (χ1n) is 4.91. The van der Waals surface area contributed by atoms with E-state index in [1.165, 1.54) is 22.0 Å². The third kappa shape index (κ3) is 1.23. The molecule has 1 atom stereocenters. The molecule has 2 rings (SSSR count). The third-order valence-electron chi connectivity index (χ3n) is 2.72. The van der Waals surface area contributed by atoms with Crippen LogP contribution in [0.4, 0.5) is 0 Å². The van der Waals surface area contributed by atoms with Gasteiger partial charge in [0.25, 0.3) is 0 Å². The summed E-state index contributed by atoms with van der Waals surface area (Å²) in [7, 11) is 2.07. The van der Waals surface area contributed by atoms with Crippen molar-refractivity contribution in [2.75, 3.05) is 0 Å². The summed E-state index contributed by atoms with van der Waals surface area (Å²) in [5, 5.41) is 1.31. The third-order valence-corrected chi connectivity index (χ3v) is 2.72. The largest absolute Gasteiger partial charge is 0.350 e. The lowest BCUT2D eigenvalue weighted by molar-refractivity contribution is 0.814. The summed E-state index contributed by atoms with van der Waals surface area (Å²) >= 11 is 0. The average Bonchev–Trinajstić information content (AvgIpc) is 2.43. The molecule has 74 valence electrons. The molecule has 1 aromatic carbocycles. The standard InChI is InChI=1S/C12H16N2/c1-8-7-14(3)12-10(8)5-4-6-11(12)9(2)13/h4-7,9H,13H2,1-3H3. The van der Waals surface area contributed by atoms with Gasteiger partial charge in [-0.2, -0.15) is 0 Å². The molecule has 2 nitrogen and oxygen atoms in total. The fourth-order valence-corrected chi connectivity index (χ4v) is 2.07. The second kappa shape index (κ2) is 3.14. The van der Waals surface area contributed by atoms with Gasteiger partial charge in [0.2, 0.25) is 0 Å². The fraction of sp³-hybridized carbons (Fsp3) is 0.333. The number of hydrogen-bond donors (Lipinski definition) is 1. The van der Waals surface area contributed by atoms with Crippen LogP contribution in [-0.4, -0.2) is 4.57 Å². The number of para-hydroxylation sites is 1. The number of benzene rings is 1. The molecular weight excluding hydrogens is 172 g/mol. The quantitative estimate of drug-likeness (QED) is 0.732. The van der Waals surface area contributed by atoms with Crippen molar-refractivity contribution in [1.29, 1.82) is 0 Å². The van der Waals surface area contributed by atoms with Crippen molar-refractivity contribution < 1.29 is 0 Å². The average molecular weight is 188 g/mol. The van der Waals surface area contributed by atoms with Crippen molar-refractivity contribution in [3.8, 4) is 0 Å². The summed E-state index contributed by atoms with van der Waals surface area (Å²) in [6.07, 6.45) is 2.15. The Morgan fingerprint density at radius 3 is 2.71 bits per heavy atom. The highest BCUT2D eigenvalue weighted by molar-refractivity contribution is 5.86. The monoisotopic (exact) mass is 188 g/mol. The molecule has 1 heterocycles. The number of nitrogens with two attached hydrogens (primary N) is 1. The topological polar surface area (TPSA) is 30.9 Å². The molecule has 0 amide bonds. The molecule has 1 unspecified atom stereocenters.